The standard InChI is InChI=1S/C19H20N4O3S/c1-11(2)20-18(25)21-13-6-4-5-12(9-13)17(24)23-19-22-15-8-7-14(26-3)10-16(15)27-19/h4-11H,1-3H3,(H2,20,21,25)(H,22,23,24). The smallest absolute Gasteiger partial charge is 0.319 e. The fourth-order valence-electron chi connectivity index (χ4n) is 2.42. The number of urea groups is 1. The van der Waals surface area contributed by atoms with Crippen LogP contribution in [0.5, 0.6) is 5.75 Å². The first kappa shape index (κ1) is 18.7. The number of ether oxygens (including phenoxy) is 1. The molecule has 1 aromatic heterocycles. The summed E-state index contributed by atoms with van der Waals surface area (Å²) in [6.45, 7) is 3.74. The molecule has 3 N–H and O–H groups in total. The summed E-state index contributed by atoms with van der Waals surface area (Å²) < 4.78 is 6.12. The first-order valence-corrected chi connectivity index (χ1v) is 9.20. The van der Waals surface area contributed by atoms with Crippen LogP contribution < -0.4 is 20.7 Å². The second-order valence-corrected chi connectivity index (χ2v) is 7.17. The molecule has 2 aromatic carbocycles. The zero-order chi connectivity index (χ0) is 19.4. The molecule has 0 bridgehead atoms. The number of carbonyl (C=O) groups is 2. The second kappa shape index (κ2) is 8.05. The van der Waals surface area contributed by atoms with Crippen LogP contribution >= 0.6 is 11.3 Å². The van der Waals surface area contributed by atoms with Gasteiger partial charge in [-0.25, -0.2) is 9.78 Å². The molecule has 3 amide bonds. The second-order valence-electron chi connectivity index (χ2n) is 6.14. The van der Waals surface area contributed by atoms with Crippen molar-refractivity contribution in [2.24, 2.45) is 0 Å². The summed E-state index contributed by atoms with van der Waals surface area (Å²) in [6.07, 6.45) is 0. The lowest BCUT2D eigenvalue weighted by atomic mass is 10.2. The summed E-state index contributed by atoms with van der Waals surface area (Å²) in [7, 11) is 1.60. The van der Waals surface area contributed by atoms with Gasteiger partial charge in [0.05, 0.1) is 17.3 Å². The minimum atomic E-state index is -0.317. The number of hydrogen-bond acceptors (Lipinski definition) is 5. The maximum absolute atomic E-state index is 12.5. The quantitative estimate of drug-likeness (QED) is 0.618. The molecule has 1 heterocycles. The van der Waals surface area contributed by atoms with Crippen molar-refractivity contribution in [1.82, 2.24) is 10.3 Å². The van der Waals surface area contributed by atoms with E-state index in [4.69, 9.17) is 4.74 Å². The average Bonchev–Trinajstić information content (AvgIpc) is 3.02. The highest BCUT2D eigenvalue weighted by molar-refractivity contribution is 7.22. The summed E-state index contributed by atoms with van der Waals surface area (Å²) in [5.41, 5.74) is 1.75. The number of thiazole rings is 1. The first-order valence-electron chi connectivity index (χ1n) is 8.38. The van der Waals surface area contributed by atoms with E-state index in [1.165, 1.54) is 11.3 Å². The van der Waals surface area contributed by atoms with Gasteiger partial charge in [-0.2, -0.15) is 0 Å². The Balaban J connectivity index is 1.72. The molecule has 8 heteroatoms. The molecule has 0 unspecified atom stereocenters. The summed E-state index contributed by atoms with van der Waals surface area (Å²) in [5, 5.41) is 8.74. The molecule has 27 heavy (non-hydrogen) atoms. The van der Waals surface area contributed by atoms with Gasteiger partial charge in [0, 0.05) is 17.3 Å². The molecule has 0 spiro atoms. The number of methoxy groups -OCH3 is 1. The molecule has 0 aliphatic heterocycles. The third kappa shape index (κ3) is 4.73. The van der Waals surface area contributed by atoms with Gasteiger partial charge in [0.2, 0.25) is 0 Å². The third-order valence-electron chi connectivity index (χ3n) is 3.62. The monoisotopic (exact) mass is 384 g/mol. The highest BCUT2D eigenvalue weighted by Gasteiger charge is 2.12. The van der Waals surface area contributed by atoms with Crippen LogP contribution in [0.15, 0.2) is 42.5 Å². The van der Waals surface area contributed by atoms with Gasteiger partial charge >= 0.3 is 6.03 Å². The summed E-state index contributed by atoms with van der Waals surface area (Å²) in [6, 6.07) is 12.0. The average molecular weight is 384 g/mol. The molecule has 0 saturated heterocycles. The van der Waals surface area contributed by atoms with Crippen molar-refractivity contribution in [3.8, 4) is 5.75 Å². The van der Waals surface area contributed by atoms with E-state index in [0.717, 1.165) is 16.0 Å². The van der Waals surface area contributed by atoms with Crippen molar-refractivity contribution in [2.75, 3.05) is 17.7 Å². The third-order valence-corrected chi connectivity index (χ3v) is 4.55. The van der Waals surface area contributed by atoms with Gasteiger partial charge in [0.15, 0.2) is 5.13 Å². The van der Waals surface area contributed by atoms with Crippen LogP contribution in [0.1, 0.15) is 24.2 Å². The fourth-order valence-corrected chi connectivity index (χ4v) is 3.31. The minimum absolute atomic E-state index is 0.0224. The molecule has 0 aliphatic rings. The van der Waals surface area contributed by atoms with Crippen molar-refractivity contribution < 1.29 is 14.3 Å². The van der Waals surface area contributed by atoms with Gasteiger partial charge in [-0.1, -0.05) is 17.4 Å². The number of rotatable bonds is 5. The summed E-state index contributed by atoms with van der Waals surface area (Å²) >= 11 is 1.37. The van der Waals surface area contributed by atoms with E-state index >= 15 is 0 Å². The van der Waals surface area contributed by atoms with Crippen molar-refractivity contribution in [1.29, 1.82) is 0 Å². The molecule has 0 radical (unpaired) electrons. The molecule has 0 atom stereocenters. The fraction of sp³-hybridized carbons (Fsp3) is 0.211. The maximum atomic E-state index is 12.5. The highest BCUT2D eigenvalue weighted by Crippen LogP contribution is 2.29. The van der Waals surface area contributed by atoms with Crippen LogP contribution in [0.2, 0.25) is 0 Å². The molecule has 7 nitrogen and oxygen atoms in total. The van der Waals surface area contributed by atoms with Gasteiger partial charge in [0.25, 0.3) is 5.91 Å². The van der Waals surface area contributed by atoms with Crippen molar-refractivity contribution >= 4 is 44.3 Å². The lowest BCUT2D eigenvalue weighted by Gasteiger charge is -2.10. The number of nitrogens with zero attached hydrogens (tertiary/aromatic N) is 1. The van der Waals surface area contributed by atoms with Crippen molar-refractivity contribution in [3.63, 3.8) is 0 Å². The molecule has 0 fully saturated rings. The van der Waals surface area contributed by atoms with Crippen molar-refractivity contribution in [3.05, 3.63) is 48.0 Å². The number of hydrogen-bond donors (Lipinski definition) is 3. The van der Waals surface area contributed by atoms with Crippen LogP contribution in [0, 0.1) is 0 Å². The Bertz CT molecular complexity index is 984. The van der Waals surface area contributed by atoms with Crippen LogP contribution in [-0.4, -0.2) is 30.1 Å². The van der Waals surface area contributed by atoms with Crippen molar-refractivity contribution in [2.45, 2.75) is 19.9 Å². The van der Waals surface area contributed by atoms with Crippen LogP contribution in [-0.2, 0) is 0 Å². The van der Waals surface area contributed by atoms with Crippen LogP contribution in [0.4, 0.5) is 15.6 Å². The summed E-state index contributed by atoms with van der Waals surface area (Å²) in [5.74, 6) is 0.441. The Labute approximate surface area is 160 Å². The van der Waals surface area contributed by atoms with E-state index in [-0.39, 0.29) is 18.0 Å². The van der Waals surface area contributed by atoms with Gasteiger partial charge in [-0.05, 0) is 50.2 Å². The van der Waals surface area contributed by atoms with Crippen LogP contribution in [0.25, 0.3) is 10.2 Å². The molecular weight excluding hydrogens is 364 g/mol. The number of nitrogens with one attached hydrogen (secondary N) is 3. The normalized spacial score (nSPS) is 10.7. The molecule has 0 aliphatic carbocycles. The number of benzene rings is 2. The van der Waals surface area contributed by atoms with E-state index in [9.17, 15) is 9.59 Å². The maximum Gasteiger partial charge on any atom is 0.319 e. The molecular formula is C19H20N4O3S. The molecule has 140 valence electrons. The van der Waals surface area contributed by atoms with Crippen LogP contribution in [0.3, 0.4) is 0 Å². The molecule has 3 aromatic rings. The lowest BCUT2D eigenvalue weighted by molar-refractivity contribution is 0.102. The highest BCUT2D eigenvalue weighted by atomic mass is 32.1. The van der Waals surface area contributed by atoms with E-state index < -0.39 is 0 Å². The number of amides is 3. The Kier molecular flexibility index (Phi) is 5.56. The van der Waals surface area contributed by atoms with Gasteiger partial charge in [-0.15, -0.1) is 0 Å². The largest absolute Gasteiger partial charge is 0.497 e. The Morgan fingerprint density at radius 1 is 1.11 bits per heavy atom. The minimum Gasteiger partial charge on any atom is -0.497 e. The summed E-state index contributed by atoms with van der Waals surface area (Å²) in [4.78, 5) is 28.7. The SMILES string of the molecule is COc1ccc2nc(NC(=O)c3cccc(NC(=O)NC(C)C)c3)sc2c1. The van der Waals surface area contributed by atoms with Gasteiger partial charge in [0.1, 0.15) is 5.75 Å². The van der Waals surface area contributed by atoms with E-state index in [1.807, 2.05) is 32.0 Å². The first-order chi connectivity index (χ1) is 12.9. The van der Waals surface area contributed by atoms with Gasteiger partial charge in [-0.3, -0.25) is 10.1 Å². The number of aromatic nitrogens is 1. The number of fused-ring (bicyclic) bond motifs is 1. The lowest BCUT2D eigenvalue weighted by Crippen LogP contribution is -2.34. The molecule has 3 rings (SSSR count). The van der Waals surface area contributed by atoms with E-state index in [0.29, 0.717) is 16.4 Å². The topological polar surface area (TPSA) is 92.3 Å². The zero-order valence-corrected chi connectivity index (χ0v) is 16.0. The molecule has 0 saturated carbocycles. The van der Waals surface area contributed by atoms with E-state index in [2.05, 4.69) is 20.9 Å². The van der Waals surface area contributed by atoms with E-state index in [1.54, 1.807) is 31.4 Å². The zero-order valence-electron chi connectivity index (χ0n) is 15.2. The Morgan fingerprint density at radius 2 is 1.93 bits per heavy atom. The van der Waals surface area contributed by atoms with Gasteiger partial charge < -0.3 is 15.4 Å². The predicted molar refractivity (Wildman–Crippen MR) is 108 cm³/mol. The Morgan fingerprint density at radius 3 is 2.67 bits per heavy atom. The predicted octanol–water partition coefficient (Wildman–Crippen LogP) is 4.09. The number of anilines is 2. The number of carbonyl (C=O) groups excluding carboxylic acids is 2. The Hall–Kier alpha value is -3.13.